The van der Waals surface area contributed by atoms with E-state index in [1.54, 1.807) is 12.1 Å². The first kappa shape index (κ1) is 29.3. The third-order valence-corrected chi connectivity index (χ3v) is 8.12. The van der Waals surface area contributed by atoms with Gasteiger partial charge in [0.2, 0.25) is 0 Å². The SMILES string of the molecule is CN.CN1CCCc2c(c(-c3ccc(Cl)c(Cl)c3)nn2CCCN2CCN(c3ccccc3[N+](=O)[O-])CC2)C1. The number of nitrogens with zero attached hydrogens (tertiary/aromatic N) is 6. The standard InChI is InChI=1S/C27H32Cl2N6O2.CH5N/c1-31-11-4-8-24-21(19-31)27(20-9-10-22(28)23(29)18-20)30-34(24)13-5-12-32-14-16-33(17-15-32)25-6-2-3-7-26(25)35(36)37;1-2/h2-3,6-7,9-10,18H,4-5,8,11-17,19H2,1H3;2H2,1H3. The first-order valence-electron chi connectivity index (χ1n) is 13.4. The molecule has 0 aliphatic carbocycles. The number of aromatic nitrogens is 2. The lowest BCUT2D eigenvalue weighted by Gasteiger charge is -2.35. The van der Waals surface area contributed by atoms with Crippen LogP contribution in [0, 0.1) is 10.1 Å². The Morgan fingerprint density at radius 2 is 1.74 bits per heavy atom. The van der Waals surface area contributed by atoms with Crippen molar-refractivity contribution in [3.05, 3.63) is 73.9 Å². The Morgan fingerprint density at radius 1 is 1.00 bits per heavy atom. The summed E-state index contributed by atoms with van der Waals surface area (Å²) in [4.78, 5) is 18.1. The third kappa shape index (κ3) is 6.91. The zero-order chi connectivity index (χ0) is 27.9. The summed E-state index contributed by atoms with van der Waals surface area (Å²) < 4.78 is 2.20. The van der Waals surface area contributed by atoms with Crippen LogP contribution in [0.25, 0.3) is 11.3 Å². The van der Waals surface area contributed by atoms with Gasteiger partial charge >= 0.3 is 0 Å². The molecule has 1 fully saturated rings. The Balaban J connectivity index is 0.00000172. The number of rotatable bonds is 7. The van der Waals surface area contributed by atoms with Crippen LogP contribution in [-0.2, 0) is 19.5 Å². The molecule has 0 saturated carbocycles. The van der Waals surface area contributed by atoms with Crippen molar-refractivity contribution >= 4 is 34.6 Å². The van der Waals surface area contributed by atoms with Gasteiger partial charge in [0.1, 0.15) is 5.69 Å². The van der Waals surface area contributed by atoms with Gasteiger partial charge in [0, 0.05) is 68.7 Å². The monoisotopic (exact) mass is 573 g/mol. The summed E-state index contributed by atoms with van der Waals surface area (Å²) in [7, 11) is 3.66. The molecule has 1 saturated heterocycles. The molecular formula is C28H37Cl2N7O2. The number of para-hydroxylation sites is 2. The molecule has 11 heteroatoms. The summed E-state index contributed by atoms with van der Waals surface area (Å²) in [6.45, 7) is 7.13. The number of hydrogen-bond donors (Lipinski definition) is 1. The van der Waals surface area contributed by atoms with Crippen molar-refractivity contribution in [3.63, 3.8) is 0 Å². The van der Waals surface area contributed by atoms with Crippen LogP contribution in [0.4, 0.5) is 11.4 Å². The van der Waals surface area contributed by atoms with Crippen LogP contribution in [0.15, 0.2) is 42.5 Å². The van der Waals surface area contributed by atoms with Crippen molar-refractivity contribution < 1.29 is 4.92 Å². The number of benzene rings is 2. The second-order valence-corrected chi connectivity index (χ2v) is 10.7. The van der Waals surface area contributed by atoms with E-state index < -0.39 is 0 Å². The Labute approximate surface area is 240 Å². The number of nitro groups is 1. The molecule has 0 amide bonds. The highest BCUT2D eigenvalue weighted by Crippen LogP contribution is 2.33. The van der Waals surface area contributed by atoms with E-state index in [1.165, 1.54) is 18.3 Å². The molecule has 2 aromatic carbocycles. The first-order chi connectivity index (χ1) is 18.9. The van der Waals surface area contributed by atoms with E-state index in [2.05, 4.69) is 32.2 Å². The molecule has 0 atom stereocenters. The van der Waals surface area contributed by atoms with Crippen molar-refractivity contribution in [1.82, 2.24) is 19.6 Å². The highest BCUT2D eigenvalue weighted by Gasteiger charge is 2.25. The molecule has 0 radical (unpaired) electrons. The quantitative estimate of drug-likeness (QED) is 0.316. The molecule has 0 unspecified atom stereocenters. The van der Waals surface area contributed by atoms with E-state index in [0.717, 1.165) is 82.9 Å². The van der Waals surface area contributed by atoms with E-state index in [4.69, 9.17) is 28.3 Å². The van der Waals surface area contributed by atoms with Gasteiger partial charge in [0.15, 0.2) is 0 Å². The molecule has 2 N–H and O–H groups in total. The van der Waals surface area contributed by atoms with Crippen molar-refractivity contribution in [3.8, 4) is 11.3 Å². The van der Waals surface area contributed by atoms with Gasteiger partial charge in [-0.3, -0.25) is 19.7 Å². The molecule has 5 rings (SSSR count). The first-order valence-corrected chi connectivity index (χ1v) is 14.2. The number of hydrogen-bond acceptors (Lipinski definition) is 7. The van der Waals surface area contributed by atoms with E-state index in [1.807, 2.05) is 30.3 Å². The highest BCUT2D eigenvalue weighted by molar-refractivity contribution is 6.42. The third-order valence-electron chi connectivity index (χ3n) is 7.38. The molecular weight excluding hydrogens is 537 g/mol. The van der Waals surface area contributed by atoms with E-state index in [9.17, 15) is 10.1 Å². The Bertz CT molecular complexity index is 1270. The molecule has 3 heterocycles. The number of nitrogens with two attached hydrogens (primary N) is 1. The average Bonchev–Trinajstić information content (AvgIpc) is 3.15. The van der Waals surface area contributed by atoms with Crippen LogP contribution in [0.3, 0.4) is 0 Å². The maximum Gasteiger partial charge on any atom is 0.292 e. The smallest absolute Gasteiger partial charge is 0.292 e. The number of fused-ring (bicyclic) bond motifs is 1. The summed E-state index contributed by atoms with van der Waals surface area (Å²) >= 11 is 12.5. The largest absolute Gasteiger partial charge is 0.363 e. The van der Waals surface area contributed by atoms with Crippen LogP contribution < -0.4 is 10.6 Å². The lowest BCUT2D eigenvalue weighted by Crippen LogP contribution is -2.46. The fourth-order valence-corrected chi connectivity index (χ4v) is 5.75. The maximum absolute atomic E-state index is 11.4. The Hall–Kier alpha value is -2.69. The predicted octanol–water partition coefficient (Wildman–Crippen LogP) is 4.93. The molecule has 210 valence electrons. The van der Waals surface area contributed by atoms with Gasteiger partial charge in [-0.05, 0) is 58.1 Å². The number of aryl methyl sites for hydroxylation is 1. The zero-order valence-electron chi connectivity index (χ0n) is 22.7. The van der Waals surface area contributed by atoms with Crippen molar-refractivity contribution in [2.45, 2.75) is 32.4 Å². The minimum atomic E-state index is -0.293. The van der Waals surface area contributed by atoms with Crippen LogP contribution in [-0.4, -0.2) is 77.9 Å². The molecule has 3 aromatic rings. The minimum Gasteiger partial charge on any atom is -0.363 e. The van der Waals surface area contributed by atoms with Crippen LogP contribution >= 0.6 is 23.2 Å². The summed E-state index contributed by atoms with van der Waals surface area (Å²) in [5.74, 6) is 0. The maximum atomic E-state index is 11.4. The van der Waals surface area contributed by atoms with Crippen molar-refractivity contribution in [2.75, 3.05) is 58.3 Å². The number of halogens is 2. The van der Waals surface area contributed by atoms with Gasteiger partial charge in [-0.25, -0.2) is 0 Å². The fourth-order valence-electron chi connectivity index (χ4n) is 5.45. The van der Waals surface area contributed by atoms with Gasteiger partial charge < -0.3 is 15.5 Å². The molecule has 0 bridgehead atoms. The highest BCUT2D eigenvalue weighted by atomic mass is 35.5. The molecule has 9 nitrogen and oxygen atoms in total. The summed E-state index contributed by atoms with van der Waals surface area (Å²) in [6.07, 6.45) is 3.13. The van der Waals surface area contributed by atoms with Gasteiger partial charge in [0.25, 0.3) is 5.69 Å². The van der Waals surface area contributed by atoms with E-state index >= 15 is 0 Å². The van der Waals surface area contributed by atoms with Crippen molar-refractivity contribution in [1.29, 1.82) is 0 Å². The molecule has 2 aliphatic heterocycles. The summed E-state index contributed by atoms with van der Waals surface area (Å²) in [6, 6.07) is 12.8. The second-order valence-electron chi connectivity index (χ2n) is 9.90. The predicted molar refractivity (Wildman–Crippen MR) is 159 cm³/mol. The van der Waals surface area contributed by atoms with Gasteiger partial charge in [-0.2, -0.15) is 5.10 Å². The van der Waals surface area contributed by atoms with Crippen LogP contribution in [0.5, 0.6) is 0 Å². The second kappa shape index (κ2) is 13.6. The molecule has 2 aliphatic rings. The van der Waals surface area contributed by atoms with E-state index in [-0.39, 0.29) is 10.6 Å². The Morgan fingerprint density at radius 3 is 2.46 bits per heavy atom. The number of anilines is 1. The van der Waals surface area contributed by atoms with Gasteiger partial charge in [-0.15, -0.1) is 0 Å². The van der Waals surface area contributed by atoms with Gasteiger partial charge in [0.05, 0.1) is 20.7 Å². The zero-order valence-corrected chi connectivity index (χ0v) is 24.2. The molecule has 0 spiro atoms. The Kier molecular flexibility index (Phi) is 10.2. The van der Waals surface area contributed by atoms with Gasteiger partial charge in [-0.1, -0.05) is 41.4 Å². The fraction of sp³-hybridized carbons (Fsp3) is 0.464. The topological polar surface area (TPSA) is 96.7 Å². The van der Waals surface area contributed by atoms with Crippen LogP contribution in [0.2, 0.25) is 10.0 Å². The number of nitro benzene ring substituents is 1. The summed E-state index contributed by atoms with van der Waals surface area (Å²) in [5.41, 5.74) is 10.0. The van der Waals surface area contributed by atoms with Crippen LogP contribution in [0.1, 0.15) is 24.1 Å². The molecule has 39 heavy (non-hydrogen) atoms. The van der Waals surface area contributed by atoms with E-state index in [0.29, 0.717) is 15.7 Å². The molecule has 1 aromatic heterocycles. The minimum absolute atomic E-state index is 0.179. The summed E-state index contributed by atoms with van der Waals surface area (Å²) in [5, 5.41) is 17.6. The lowest BCUT2D eigenvalue weighted by atomic mass is 10.0. The van der Waals surface area contributed by atoms with Crippen molar-refractivity contribution in [2.24, 2.45) is 5.73 Å². The number of piperazine rings is 1. The lowest BCUT2D eigenvalue weighted by molar-refractivity contribution is -0.384. The average molecular weight is 575 g/mol. The normalized spacial score (nSPS) is 16.3.